The van der Waals surface area contributed by atoms with E-state index in [1.54, 1.807) is 6.07 Å². The molecule has 0 aliphatic heterocycles. The van der Waals surface area contributed by atoms with Crippen molar-refractivity contribution in [2.75, 3.05) is 11.4 Å². The van der Waals surface area contributed by atoms with Crippen LogP contribution in [-0.4, -0.2) is 17.7 Å². The Morgan fingerprint density at radius 2 is 1.95 bits per heavy atom. The normalized spacial score (nSPS) is 16.1. The molecule has 0 unspecified atom stereocenters. The number of rotatable bonds is 6. The highest BCUT2D eigenvalue weighted by atomic mass is 19.1. The molecule has 0 spiro atoms. The van der Waals surface area contributed by atoms with Gasteiger partial charge < -0.3 is 10.0 Å². The molecule has 1 aliphatic carbocycles. The van der Waals surface area contributed by atoms with Crippen LogP contribution in [0.15, 0.2) is 18.2 Å². The number of halogens is 1. The van der Waals surface area contributed by atoms with Crippen LogP contribution in [0, 0.1) is 11.7 Å². The van der Waals surface area contributed by atoms with Crippen LogP contribution in [0.2, 0.25) is 0 Å². The molecule has 0 radical (unpaired) electrons. The van der Waals surface area contributed by atoms with Crippen molar-refractivity contribution in [1.82, 2.24) is 0 Å². The van der Waals surface area contributed by atoms with Gasteiger partial charge in [0.05, 0.1) is 6.61 Å². The molecular weight excluding hydrogens is 253 g/mol. The fraction of sp³-hybridized carbons (Fsp3) is 0.647. The maximum absolute atomic E-state index is 13.7. The van der Waals surface area contributed by atoms with Gasteiger partial charge in [0.15, 0.2) is 0 Å². The summed E-state index contributed by atoms with van der Waals surface area (Å²) in [6, 6.07) is 5.49. The zero-order valence-electron chi connectivity index (χ0n) is 12.6. The highest BCUT2D eigenvalue weighted by Crippen LogP contribution is 2.30. The van der Waals surface area contributed by atoms with E-state index in [1.807, 2.05) is 6.07 Å². The van der Waals surface area contributed by atoms with Gasteiger partial charge in [-0.1, -0.05) is 26.7 Å². The van der Waals surface area contributed by atoms with E-state index in [-0.39, 0.29) is 12.4 Å². The molecule has 1 aromatic carbocycles. The predicted octanol–water partition coefficient (Wildman–Crippen LogP) is 4.11. The van der Waals surface area contributed by atoms with Gasteiger partial charge in [0.1, 0.15) is 5.82 Å². The van der Waals surface area contributed by atoms with Crippen molar-refractivity contribution in [1.29, 1.82) is 0 Å². The molecular formula is C17H26FNO. The van der Waals surface area contributed by atoms with E-state index in [4.69, 9.17) is 0 Å². The summed E-state index contributed by atoms with van der Waals surface area (Å²) in [5.41, 5.74) is 1.59. The Morgan fingerprint density at radius 3 is 2.55 bits per heavy atom. The number of anilines is 1. The zero-order chi connectivity index (χ0) is 14.5. The first-order valence-electron chi connectivity index (χ1n) is 7.77. The van der Waals surface area contributed by atoms with E-state index in [1.165, 1.54) is 31.7 Å². The summed E-state index contributed by atoms with van der Waals surface area (Å²) in [5.74, 6) is 0.392. The smallest absolute Gasteiger partial charge is 0.125 e. The van der Waals surface area contributed by atoms with Crippen molar-refractivity contribution in [3.63, 3.8) is 0 Å². The van der Waals surface area contributed by atoms with Crippen LogP contribution in [0.25, 0.3) is 0 Å². The number of benzene rings is 1. The maximum atomic E-state index is 13.7. The van der Waals surface area contributed by atoms with E-state index < -0.39 is 0 Å². The molecule has 1 aromatic rings. The quantitative estimate of drug-likeness (QED) is 0.847. The highest BCUT2D eigenvalue weighted by molar-refractivity contribution is 5.50. The Bertz CT molecular complexity index is 427. The molecule has 1 saturated carbocycles. The molecule has 20 heavy (non-hydrogen) atoms. The Kier molecular flexibility index (Phi) is 5.41. The third-order valence-electron chi connectivity index (χ3n) is 4.17. The third kappa shape index (κ3) is 3.95. The molecule has 0 bridgehead atoms. The molecule has 0 saturated heterocycles. The summed E-state index contributed by atoms with van der Waals surface area (Å²) >= 11 is 0. The van der Waals surface area contributed by atoms with Crippen LogP contribution >= 0.6 is 0 Å². The van der Waals surface area contributed by atoms with Crippen LogP contribution in [0.5, 0.6) is 0 Å². The lowest BCUT2D eigenvalue weighted by molar-refractivity contribution is 0.281. The Hall–Kier alpha value is -1.09. The van der Waals surface area contributed by atoms with E-state index in [2.05, 4.69) is 18.7 Å². The number of hydrogen-bond acceptors (Lipinski definition) is 2. The van der Waals surface area contributed by atoms with Gasteiger partial charge in [-0.05, 0) is 48.9 Å². The summed E-state index contributed by atoms with van der Waals surface area (Å²) in [4.78, 5) is 2.36. The molecule has 3 heteroatoms. The van der Waals surface area contributed by atoms with Crippen molar-refractivity contribution in [2.24, 2.45) is 5.92 Å². The average Bonchev–Trinajstić information content (AvgIpc) is 2.92. The van der Waals surface area contributed by atoms with Crippen LogP contribution in [0.4, 0.5) is 10.1 Å². The van der Waals surface area contributed by atoms with Gasteiger partial charge in [0.25, 0.3) is 0 Å². The van der Waals surface area contributed by atoms with Crippen molar-refractivity contribution in [2.45, 2.75) is 58.6 Å². The van der Waals surface area contributed by atoms with E-state index in [0.717, 1.165) is 18.7 Å². The second-order valence-corrected chi connectivity index (χ2v) is 6.29. The molecule has 1 aliphatic rings. The Morgan fingerprint density at radius 1 is 1.25 bits per heavy atom. The Balaban J connectivity index is 2.22. The molecule has 2 rings (SSSR count). The minimum Gasteiger partial charge on any atom is -0.392 e. The van der Waals surface area contributed by atoms with Crippen molar-refractivity contribution in [3.8, 4) is 0 Å². The first-order valence-corrected chi connectivity index (χ1v) is 7.77. The maximum Gasteiger partial charge on any atom is 0.125 e. The van der Waals surface area contributed by atoms with Crippen LogP contribution in [0.3, 0.4) is 0 Å². The van der Waals surface area contributed by atoms with E-state index >= 15 is 0 Å². The number of aliphatic hydroxyl groups excluding tert-OH is 1. The van der Waals surface area contributed by atoms with Gasteiger partial charge in [-0.3, -0.25) is 0 Å². The van der Waals surface area contributed by atoms with Crippen LogP contribution in [-0.2, 0) is 6.61 Å². The average molecular weight is 279 g/mol. The van der Waals surface area contributed by atoms with Crippen molar-refractivity contribution in [3.05, 3.63) is 29.6 Å². The molecule has 0 heterocycles. The topological polar surface area (TPSA) is 23.5 Å². The van der Waals surface area contributed by atoms with E-state index in [0.29, 0.717) is 17.5 Å². The summed E-state index contributed by atoms with van der Waals surface area (Å²) < 4.78 is 13.7. The molecule has 0 aromatic heterocycles. The van der Waals surface area contributed by atoms with Gasteiger partial charge in [-0.15, -0.1) is 0 Å². The summed E-state index contributed by atoms with van der Waals surface area (Å²) in [5, 5.41) is 9.27. The number of aliphatic hydroxyl groups is 1. The van der Waals surface area contributed by atoms with Crippen molar-refractivity contribution < 1.29 is 9.50 Å². The first-order chi connectivity index (χ1) is 9.60. The van der Waals surface area contributed by atoms with Gasteiger partial charge >= 0.3 is 0 Å². The van der Waals surface area contributed by atoms with Crippen LogP contribution in [0.1, 0.15) is 51.5 Å². The largest absolute Gasteiger partial charge is 0.392 e. The summed E-state index contributed by atoms with van der Waals surface area (Å²) in [6.07, 6.45) is 6.05. The monoisotopic (exact) mass is 279 g/mol. The number of nitrogens with zero attached hydrogens (tertiary/aromatic N) is 1. The summed E-state index contributed by atoms with van der Waals surface area (Å²) in [7, 11) is 0. The SMILES string of the molecule is CC(C)CCN(c1cc(F)cc(CO)c1)C1CCCC1. The minimum atomic E-state index is -0.251. The van der Waals surface area contributed by atoms with E-state index in [9.17, 15) is 9.50 Å². The molecule has 2 nitrogen and oxygen atoms in total. The minimum absolute atomic E-state index is 0.104. The first kappa shape index (κ1) is 15.3. The van der Waals surface area contributed by atoms with Gasteiger partial charge in [-0.2, -0.15) is 0 Å². The molecule has 0 amide bonds. The fourth-order valence-corrected chi connectivity index (χ4v) is 3.03. The Labute approximate surface area is 121 Å². The lowest BCUT2D eigenvalue weighted by Crippen LogP contribution is -2.34. The second kappa shape index (κ2) is 7.07. The predicted molar refractivity (Wildman–Crippen MR) is 81.4 cm³/mol. The van der Waals surface area contributed by atoms with Gasteiger partial charge in [0.2, 0.25) is 0 Å². The van der Waals surface area contributed by atoms with Gasteiger partial charge in [-0.25, -0.2) is 4.39 Å². The lowest BCUT2D eigenvalue weighted by atomic mass is 10.1. The molecule has 1 N–H and O–H groups in total. The number of hydrogen-bond donors (Lipinski definition) is 1. The zero-order valence-corrected chi connectivity index (χ0v) is 12.6. The third-order valence-corrected chi connectivity index (χ3v) is 4.17. The molecule has 0 atom stereocenters. The molecule has 1 fully saturated rings. The van der Waals surface area contributed by atoms with Gasteiger partial charge in [0, 0.05) is 18.3 Å². The van der Waals surface area contributed by atoms with Crippen molar-refractivity contribution >= 4 is 5.69 Å². The highest BCUT2D eigenvalue weighted by Gasteiger charge is 2.23. The fourth-order valence-electron chi connectivity index (χ4n) is 3.03. The summed E-state index contributed by atoms with van der Waals surface area (Å²) in [6.45, 7) is 5.30. The molecule has 112 valence electrons. The standard InChI is InChI=1S/C17H26FNO/c1-13(2)7-8-19(16-5-3-4-6-16)17-10-14(12-20)9-15(18)11-17/h9-11,13,16,20H,3-8,12H2,1-2H3. The lowest BCUT2D eigenvalue weighted by Gasteiger charge is -2.32. The second-order valence-electron chi connectivity index (χ2n) is 6.29. The van der Waals surface area contributed by atoms with Crippen LogP contribution < -0.4 is 4.90 Å².